The summed E-state index contributed by atoms with van der Waals surface area (Å²) >= 11 is 0. The Labute approximate surface area is 399 Å². The molecule has 0 amide bonds. The van der Waals surface area contributed by atoms with Gasteiger partial charge in [-0.15, -0.1) is 10.2 Å². The monoisotopic (exact) mass is 892 g/mol. The van der Waals surface area contributed by atoms with Gasteiger partial charge in [0.15, 0.2) is 0 Å². The Morgan fingerprint density at radius 2 is 1.33 bits per heavy atom. The topological polar surface area (TPSA) is 361 Å². The Bertz CT molecular complexity index is 2830. The van der Waals surface area contributed by atoms with Gasteiger partial charge in [0.1, 0.15) is 30.8 Å². The smallest absolute Gasteiger partial charge is 0.871 e. The standard InChI is InChI=1S/C27H22FN9O13S4.K.Li.Na/c28-25-31-26(29-9-10-51(39,40)41)33-27(32-25)30-16-3-7-19-14(11-16)12-22(54(48,49)50)23(24(19)38)37-36-20-8-4-17(13-21(20)53(45,46)47)35-34-15-1-5-18(6-2-15)52(42,43)44;;;/h1-8,11-13,38H,9-10H2,(H,39,40,41)(H,42,43,44)(H,45,46,47)(H,48,49,50)(H2,29,30,31,32,33);;;/q;3*+1/p-4. The number of nitrogens with one attached hydrogen (secondary N) is 2. The number of halogens is 1. The summed E-state index contributed by atoms with van der Waals surface area (Å²) in [4.78, 5) is 7.91. The normalized spacial score (nSPS) is 12.2. The summed E-state index contributed by atoms with van der Waals surface area (Å²) in [5.41, 5.74) is -1.83. The quantitative estimate of drug-likeness (QED) is 0.0562. The zero-order chi connectivity index (χ0) is 39.6. The molecule has 4 aromatic carbocycles. The maximum Gasteiger partial charge on any atom is 1.00 e. The summed E-state index contributed by atoms with van der Waals surface area (Å²) in [6, 6.07) is 11.3. The summed E-state index contributed by atoms with van der Waals surface area (Å²) in [7, 11) is -19.9. The van der Waals surface area contributed by atoms with E-state index < -0.39 is 103 Å². The molecule has 0 aliphatic rings. The van der Waals surface area contributed by atoms with Gasteiger partial charge in [0.25, 0.3) is 10.1 Å². The molecule has 57 heavy (non-hydrogen) atoms. The van der Waals surface area contributed by atoms with E-state index in [2.05, 4.69) is 46.0 Å². The number of fused-ring (bicyclic) bond motifs is 1. The van der Waals surface area contributed by atoms with Gasteiger partial charge in [0.2, 0.25) is 11.9 Å². The minimum atomic E-state index is -5.33. The van der Waals surface area contributed by atoms with Crippen LogP contribution in [0.5, 0.6) is 5.75 Å². The second kappa shape index (κ2) is 20.2. The third-order valence-electron chi connectivity index (χ3n) is 6.69. The van der Waals surface area contributed by atoms with Crippen molar-refractivity contribution in [2.24, 2.45) is 20.5 Å². The van der Waals surface area contributed by atoms with Gasteiger partial charge in [-0.25, -0.2) is 25.3 Å². The maximum atomic E-state index is 14.0. The van der Waals surface area contributed by atoms with Crippen LogP contribution in [0.15, 0.2) is 102 Å². The number of anilines is 3. The first kappa shape index (κ1) is 50.7. The number of benzene rings is 4. The van der Waals surface area contributed by atoms with E-state index in [0.717, 1.165) is 54.6 Å². The number of nitrogens with zero attached hydrogens (tertiary/aromatic N) is 7. The molecule has 1 aromatic heterocycles. The number of azo groups is 2. The molecule has 0 saturated heterocycles. The van der Waals surface area contributed by atoms with Gasteiger partial charge < -0.3 is 29.4 Å². The van der Waals surface area contributed by atoms with Gasteiger partial charge in [0, 0.05) is 12.2 Å². The van der Waals surface area contributed by atoms with Crippen molar-refractivity contribution in [3.63, 3.8) is 0 Å². The number of aromatic nitrogens is 3. The van der Waals surface area contributed by atoms with Gasteiger partial charge in [-0.3, -0.25) is 4.55 Å². The zero-order valence-electron chi connectivity index (χ0n) is 29.3. The third-order valence-corrected chi connectivity index (χ3v) is 9.97. The molecule has 30 heteroatoms. The van der Waals surface area contributed by atoms with Crippen LogP contribution in [0.2, 0.25) is 0 Å². The van der Waals surface area contributed by atoms with Crippen molar-refractivity contribution in [1.29, 1.82) is 0 Å². The fourth-order valence-corrected chi connectivity index (χ4v) is 6.46. The SMILES string of the molecule is O=S(=O)([O-])CCNc1nc(F)nc(Nc2ccc3c([O-])c(N=Nc4ccc(N=Nc5ccc(S(=O)(=O)[O-])cc5)cc4S(=O)(=O)[O-])c(S(=O)(=O)O)cc3c2)n1.[K+].[Li+].[Na+]. The molecule has 3 N–H and O–H groups in total. The Morgan fingerprint density at radius 1 is 0.719 bits per heavy atom. The largest absolute Gasteiger partial charge is 1.00 e. The first-order valence-electron chi connectivity index (χ1n) is 14.2. The summed E-state index contributed by atoms with van der Waals surface area (Å²) in [5, 5.41) is 32.6. The second-order valence-corrected chi connectivity index (χ2v) is 16.1. The van der Waals surface area contributed by atoms with Gasteiger partial charge >= 0.3 is 106 Å². The number of hydrogen-bond acceptors (Lipinski definition) is 21. The molecule has 0 fully saturated rings. The summed E-state index contributed by atoms with van der Waals surface area (Å²) < 4.78 is 151. The van der Waals surface area contributed by atoms with E-state index in [0.29, 0.717) is 0 Å². The minimum Gasteiger partial charge on any atom is -0.871 e. The van der Waals surface area contributed by atoms with Crippen molar-refractivity contribution in [2.75, 3.05) is 22.9 Å². The van der Waals surface area contributed by atoms with Gasteiger partial charge in [-0.1, -0.05) is 11.8 Å². The molecule has 0 unspecified atom stereocenters. The second-order valence-electron chi connectivity index (χ2n) is 10.5. The maximum absolute atomic E-state index is 14.0. The van der Waals surface area contributed by atoms with Crippen molar-refractivity contribution < 1.29 is 161 Å². The molecule has 0 bridgehead atoms. The number of hydrogen-bond donors (Lipinski definition) is 3. The predicted molar refractivity (Wildman–Crippen MR) is 176 cm³/mol. The van der Waals surface area contributed by atoms with Gasteiger partial charge in [-0.05, 0) is 71.4 Å². The summed E-state index contributed by atoms with van der Waals surface area (Å²) in [6.45, 7) is -0.458. The molecule has 5 rings (SSSR count). The molecular formula is C27H18FKLiN9NaO13S4-. The van der Waals surface area contributed by atoms with Crippen LogP contribution in [0.3, 0.4) is 0 Å². The van der Waals surface area contributed by atoms with Crippen LogP contribution in [0.25, 0.3) is 10.8 Å². The summed E-state index contributed by atoms with van der Waals surface area (Å²) in [5.74, 6) is -2.88. The van der Waals surface area contributed by atoms with Crippen molar-refractivity contribution in [3.8, 4) is 5.75 Å². The van der Waals surface area contributed by atoms with Crippen molar-refractivity contribution >= 4 is 91.6 Å². The van der Waals surface area contributed by atoms with E-state index in [4.69, 9.17) is 0 Å². The molecule has 0 spiro atoms. The van der Waals surface area contributed by atoms with Crippen molar-refractivity contribution in [1.82, 2.24) is 15.0 Å². The first-order valence-corrected chi connectivity index (χ1v) is 20.0. The Balaban J connectivity index is 0.00000374. The molecule has 284 valence electrons. The molecule has 0 radical (unpaired) electrons. The molecule has 0 aliphatic carbocycles. The van der Waals surface area contributed by atoms with Crippen LogP contribution in [-0.2, 0) is 40.5 Å². The Hall–Kier alpha value is -2.45. The van der Waals surface area contributed by atoms with E-state index in [-0.39, 0.29) is 128 Å². The fourth-order valence-electron chi connectivity index (χ4n) is 4.36. The average molecular weight is 893 g/mol. The molecule has 5 aromatic rings. The fraction of sp³-hybridized carbons (Fsp3) is 0.0741. The minimum absolute atomic E-state index is 0. The van der Waals surface area contributed by atoms with Crippen LogP contribution < -0.4 is 116 Å². The molecule has 1 heterocycles. The average Bonchev–Trinajstić information content (AvgIpc) is 3.05. The predicted octanol–water partition coefficient (Wildman–Crippen LogP) is -6.16. The zero-order valence-corrected chi connectivity index (χ0v) is 37.6. The van der Waals surface area contributed by atoms with E-state index in [1.807, 2.05) is 0 Å². The molecular weight excluding hydrogens is 875 g/mol. The van der Waals surface area contributed by atoms with Crippen LogP contribution in [0, 0.1) is 6.08 Å². The third kappa shape index (κ3) is 14.1. The van der Waals surface area contributed by atoms with Gasteiger partial charge in [-0.2, -0.15) is 38.0 Å². The van der Waals surface area contributed by atoms with Crippen molar-refractivity contribution in [2.45, 2.75) is 14.7 Å². The molecule has 0 saturated carbocycles. The van der Waals surface area contributed by atoms with Crippen LogP contribution in [0.4, 0.5) is 44.7 Å². The number of rotatable bonds is 13. The van der Waals surface area contributed by atoms with Crippen molar-refractivity contribution in [3.05, 3.63) is 72.8 Å². The van der Waals surface area contributed by atoms with Crippen LogP contribution >= 0.6 is 0 Å². The first-order chi connectivity index (χ1) is 25.1. The van der Waals surface area contributed by atoms with Gasteiger partial charge in [0.05, 0.1) is 42.7 Å². The Morgan fingerprint density at radius 3 is 1.93 bits per heavy atom. The van der Waals surface area contributed by atoms with E-state index in [1.165, 1.54) is 12.1 Å². The molecule has 0 atom stereocenters. The van der Waals surface area contributed by atoms with E-state index in [1.54, 1.807) is 0 Å². The summed E-state index contributed by atoms with van der Waals surface area (Å²) in [6.07, 6.45) is -1.32. The van der Waals surface area contributed by atoms with Crippen LogP contribution in [-0.4, -0.2) is 79.1 Å². The Kier molecular flexibility index (Phi) is 18.0. The van der Waals surface area contributed by atoms with E-state index >= 15 is 0 Å². The molecule has 0 aliphatic heterocycles. The molecule has 22 nitrogen and oxygen atoms in total. The van der Waals surface area contributed by atoms with Crippen LogP contribution in [0.1, 0.15) is 0 Å². The van der Waals surface area contributed by atoms with E-state index in [9.17, 15) is 61.4 Å².